The zero-order chi connectivity index (χ0) is 14.6. The molecule has 0 aliphatic carbocycles. The Balaban J connectivity index is 2.97. The van der Waals surface area contributed by atoms with Crippen molar-refractivity contribution in [2.75, 3.05) is 5.43 Å². The summed E-state index contributed by atoms with van der Waals surface area (Å²) in [5, 5.41) is 17.3. The Labute approximate surface area is 109 Å². The molecule has 0 aliphatic heterocycles. The average molecular weight is 266 g/mol. The van der Waals surface area contributed by atoms with E-state index in [4.69, 9.17) is 10.2 Å². The number of carboxylic acids is 2. The van der Waals surface area contributed by atoms with Gasteiger partial charge in [-0.3, -0.25) is 15.6 Å². The van der Waals surface area contributed by atoms with E-state index in [-0.39, 0.29) is 11.5 Å². The third kappa shape index (κ3) is 3.70. The predicted octanol–water partition coefficient (Wildman–Crippen LogP) is 1.04. The Kier molecular flexibility index (Phi) is 4.46. The second kappa shape index (κ2) is 5.85. The number of hydrogen-bond donors (Lipinski definition) is 4. The van der Waals surface area contributed by atoms with Crippen molar-refractivity contribution in [2.45, 2.75) is 19.8 Å². The topological polar surface area (TPSA) is 116 Å². The molecule has 1 aromatic rings. The maximum Gasteiger partial charge on any atom is 0.396 e. The lowest BCUT2D eigenvalue weighted by Crippen LogP contribution is -2.35. The zero-order valence-corrected chi connectivity index (χ0v) is 10.4. The number of aromatic carboxylic acids is 1. The maximum absolute atomic E-state index is 10.9. The molecule has 0 unspecified atom stereocenters. The van der Waals surface area contributed by atoms with E-state index >= 15 is 0 Å². The van der Waals surface area contributed by atoms with Gasteiger partial charge in [-0.1, -0.05) is 13.8 Å². The number of nitrogens with one attached hydrogen (secondary N) is 2. The summed E-state index contributed by atoms with van der Waals surface area (Å²) in [5.41, 5.74) is 5.71. The van der Waals surface area contributed by atoms with Crippen LogP contribution in [-0.4, -0.2) is 28.1 Å². The average Bonchev–Trinajstić information content (AvgIpc) is 2.35. The quantitative estimate of drug-likeness (QED) is 0.478. The molecule has 1 amide bonds. The monoisotopic (exact) mass is 266 g/mol. The van der Waals surface area contributed by atoms with Crippen molar-refractivity contribution in [3.05, 3.63) is 29.3 Å². The minimum atomic E-state index is -1.61. The SMILES string of the molecule is CC(C)c1cc(C(=O)O)ccc1NNC(=O)C(=O)O. The Bertz CT molecular complexity index is 525. The van der Waals surface area contributed by atoms with Crippen molar-refractivity contribution in [1.82, 2.24) is 5.43 Å². The molecule has 7 nitrogen and oxygen atoms in total. The molecule has 7 heteroatoms. The summed E-state index contributed by atoms with van der Waals surface area (Å²) in [6.45, 7) is 3.70. The smallest absolute Gasteiger partial charge is 0.396 e. The van der Waals surface area contributed by atoms with Crippen molar-refractivity contribution < 1.29 is 24.6 Å². The molecule has 0 aromatic heterocycles. The summed E-state index contributed by atoms with van der Waals surface area (Å²) in [4.78, 5) is 32.1. The first-order valence-electron chi connectivity index (χ1n) is 5.49. The van der Waals surface area contributed by atoms with Crippen molar-refractivity contribution >= 4 is 23.5 Å². The molecule has 102 valence electrons. The highest BCUT2D eigenvalue weighted by Gasteiger charge is 2.14. The molecule has 0 fully saturated rings. The number of amides is 1. The second-order valence-corrected chi connectivity index (χ2v) is 4.15. The molecular formula is C12H14N2O5. The highest BCUT2D eigenvalue weighted by molar-refractivity contribution is 6.31. The third-order valence-corrected chi connectivity index (χ3v) is 2.43. The summed E-state index contributed by atoms with van der Waals surface area (Å²) in [7, 11) is 0. The number of benzene rings is 1. The van der Waals surface area contributed by atoms with E-state index in [0.29, 0.717) is 11.3 Å². The van der Waals surface area contributed by atoms with Gasteiger partial charge in [-0.05, 0) is 29.7 Å². The summed E-state index contributed by atoms with van der Waals surface area (Å²) in [6, 6.07) is 4.31. The van der Waals surface area contributed by atoms with E-state index < -0.39 is 17.8 Å². The molecule has 0 saturated carbocycles. The van der Waals surface area contributed by atoms with Crippen LogP contribution in [0.3, 0.4) is 0 Å². The van der Waals surface area contributed by atoms with Gasteiger partial charge in [-0.15, -0.1) is 0 Å². The maximum atomic E-state index is 10.9. The molecule has 1 rings (SSSR count). The summed E-state index contributed by atoms with van der Waals surface area (Å²) in [6.07, 6.45) is 0. The molecule has 1 aromatic carbocycles. The summed E-state index contributed by atoms with van der Waals surface area (Å²) in [5.74, 6) is -3.86. The van der Waals surface area contributed by atoms with Gasteiger partial charge < -0.3 is 10.2 Å². The van der Waals surface area contributed by atoms with E-state index in [9.17, 15) is 14.4 Å². The number of hydrazine groups is 1. The zero-order valence-electron chi connectivity index (χ0n) is 10.4. The van der Waals surface area contributed by atoms with Gasteiger partial charge in [-0.2, -0.15) is 0 Å². The standard InChI is InChI=1S/C12H14N2O5/c1-6(2)8-5-7(11(16)17)3-4-9(8)13-14-10(15)12(18)19/h3-6,13H,1-2H3,(H,14,15)(H,16,17)(H,18,19). The fourth-order valence-electron chi connectivity index (χ4n) is 1.46. The van der Waals surface area contributed by atoms with Gasteiger partial charge in [0, 0.05) is 0 Å². The van der Waals surface area contributed by atoms with Crippen LogP contribution >= 0.6 is 0 Å². The Morgan fingerprint density at radius 3 is 2.26 bits per heavy atom. The molecule has 19 heavy (non-hydrogen) atoms. The molecule has 0 aliphatic rings. The Morgan fingerprint density at radius 2 is 1.79 bits per heavy atom. The molecule has 0 spiro atoms. The highest BCUT2D eigenvalue weighted by Crippen LogP contribution is 2.25. The van der Waals surface area contributed by atoms with Gasteiger partial charge in [-0.25, -0.2) is 9.59 Å². The molecule has 0 atom stereocenters. The van der Waals surface area contributed by atoms with Gasteiger partial charge >= 0.3 is 17.8 Å². The second-order valence-electron chi connectivity index (χ2n) is 4.15. The minimum absolute atomic E-state index is 0.00327. The first-order chi connectivity index (χ1) is 8.82. The van der Waals surface area contributed by atoms with Crippen molar-refractivity contribution in [3.8, 4) is 0 Å². The van der Waals surface area contributed by atoms with Gasteiger partial charge in [0.05, 0.1) is 11.3 Å². The number of aliphatic carboxylic acids is 1. The van der Waals surface area contributed by atoms with Crippen LogP contribution in [0.5, 0.6) is 0 Å². The van der Waals surface area contributed by atoms with Crippen LogP contribution in [0, 0.1) is 0 Å². The molecule has 4 N–H and O–H groups in total. The summed E-state index contributed by atoms with van der Waals surface area (Å²) < 4.78 is 0. The molecule has 0 heterocycles. The number of carbonyl (C=O) groups is 3. The van der Waals surface area contributed by atoms with Gasteiger partial charge in [0.15, 0.2) is 0 Å². The van der Waals surface area contributed by atoms with Gasteiger partial charge in [0.25, 0.3) is 0 Å². The largest absolute Gasteiger partial charge is 0.478 e. The normalized spacial score (nSPS) is 10.1. The number of carbonyl (C=O) groups excluding carboxylic acids is 1. The minimum Gasteiger partial charge on any atom is -0.478 e. The van der Waals surface area contributed by atoms with Crippen molar-refractivity contribution in [2.24, 2.45) is 0 Å². The Hall–Kier alpha value is -2.57. The first kappa shape index (κ1) is 14.5. The molecule has 0 saturated heterocycles. The first-order valence-corrected chi connectivity index (χ1v) is 5.49. The van der Waals surface area contributed by atoms with Crippen LogP contribution in [0.4, 0.5) is 5.69 Å². The number of hydrogen-bond acceptors (Lipinski definition) is 4. The van der Waals surface area contributed by atoms with Crippen LogP contribution in [0.15, 0.2) is 18.2 Å². The fraction of sp³-hybridized carbons (Fsp3) is 0.250. The fourth-order valence-corrected chi connectivity index (χ4v) is 1.46. The van der Waals surface area contributed by atoms with Crippen molar-refractivity contribution in [3.63, 3.8) is 0 Å². The van der Waals surface area contributed by atoms with E-state index in [0.717, 1.165) is 0 Å². The van der Waals surface area contributed by atoms with Crippen LogP contribution in [0.1, 0.15) is 35.7 Å². The van der Waals surface area contributed by atoms with Crippen LogP contribution in [-0.2, 0) is 9.59 Å². The molecule has 0 bridgehead atoms. The lowest BCUT2D eigenvalue weighted by atomic mass is 9.99. The highest BCUT2D eigenvalue weighted by atomic mass is 16.4. The van der Waals surface area contributed by atoms with Crippen molar-refractivity contribution in [1.29, 1.82) is 0 Å². The van der Waals surface area contributed by atoms with Gasteiger partial charge in [0.1, 0.15) is 0 Å². The molecule has 0 radical (unpaired) electrons. The van der Waals surface area contributed by atoms with E-state index in [1.54, 1.807) is 0 Å². The van der Waals surface area contributed by atoms with Gasteiger partial charge in [0.2, 0.25) is 0 Å². The third-order valence-electron chi connectivity index (χ3n) is 2.43. The van der Waals surface area contributed by atoms with Crippen LogP contribution in [0.2, 0.25) is 0 Å². The van der Waals surface area contributed by atoms with E-state index in [2.05, 4.69) is 5.43 Å². The number of carboxylic acid groups (broad SMARTS) is 2. The van der Waals surface area contributed by atoms with E-state index in [1.807, 2.05) is 19.3 Å². The lowest BCUT2D eigenvalue weighted by Gasteiger charge is -2.15. The van der Waals surface area contributed by atoms with Crippen LogP contribution < -0.4 is 10.9 Å². The molecular weight excluding hydrogens is 252 g/mol. The summed E-state index contributed by atoms with van der Waals surface area (Å²) >= 11 is 0. The Morgan fingerprint density at radius 1 is 1.16 bits per heavy atom. The number of anilines is 1. The van der Waals surface area contributed by atoms with Crippen LogP contribution in [0.25, 0.3) is 0 Å². The van der Waals surface area contributed by atoms with E-state index in [1.165, 1.54) is 18.2 Å². The predicted molar refractivity (Wildman–Crippen MR) is 66.9 cm³/mol. The lowest BCUT2D eigenvalue weighted by molar-refractivity contribution is -0.149. The number of rotatable bonds is 4.